The smallest absolute Gasteiger partial charge is 0.372 e. The van der Waals surface area contributed by atoms with Gasteiger partial charge >= 0.3 is 6.18 Å². The molecule has 0 aliphatic carbocycles. The predicted octanol–water partition coefficient (Wildman–Crippen LogP) is 7.58. The molecule has 150 valence electrons. The van der Waals surface area contributed by atoms with Gasteiger partial charge in [-0.3, -0.25) is 0 Å². The van der Waals surface area contributed by atoms with E-state index in [0.717, 1.165) is 0 Å². The van der Waals surface area contributed by atoms with E-state index >= 15 is 0 Å². The number of fused-ring (bicyclic) bond motifs is 2. The normalized spacial score (nSPS) is 14.3. The van der Waals surface area contributed by atoms with Gasteiger partial charge in [-0.05, 0) is 50.5 Å². The summed E-state index contributed by atoms with van der Waals surface area (Å²) in [4.78, 5) is 1.13. The summed E-state index contributed by atoms with van der Waals surface area (Å²) in [7, 11) is 0. The van der Waals surface area contributed by atoms with E-state index in [0.29, 0.717) is 31.3 Å². The van der Waals surface area contributed by atoms with E-state index in [1.54, 1.807) is 66.0 Å². The Morgan fingerprint density at radius 3 is 1.90 bits per heavy atom. The average molecular weight is 441 g/mol. The third-order valence-corrected chi connectivity index (χ3v) is 7.31. The Labute approximate surface area is 178 Å². The Morgan fingerprint density at radius 2 is 1.33 bits per heavy atom. The van der Waals surface area contributed by atoms with Crippen LogP contribution < -0.4 is 0 Å². The molecule has 0 saturated heterocycles. The molecule has 0 aliphatic heterocycles. The molecule has 0 radical (unpaired) electrons. The van der Waals surface area contributed by atoms with E-state index in [4.69, 9.17) is 0 Å². The lowest BCUT2D eigenvalue weighted by Gasteiger charge is -2.33. The van der Waals surface area contributed by atoms with Gasteiger partial charge in [0.1, 0.15) is 0 Å². The molecule has 0 saturated carbocycles. The second kappa shape index (κ2) is 6.94. The standard InChI is InChI=1S/C24H15F3OS2/c25-24(26,27)23(28,19-11-13-30-22(19)20-10-5-12-29-20)21-17-8-3-1-6-15(17)14-16-7-2-4-9-18(16)21/h1-14,28H. The second-order valence-electron chi connectivity index (χ2n) is 7.04. The molecule has 0 spiro atoms. The summed E-state index contributed by atoms with van der Waals surface area (Å²) in [6.07, 6.45) is -4.92. The van der Waals surface area contributed by atoms with Crippen molar-refractivity contribution >= 4 is 44.2 Å². The van der Waals surface area contributed by atoms with E-state index in [1.165, 1.54) is 28.7 Å². The number of thiophene rings is 2. The van der Waals surface area contributed by atoms with Gasteiger partial charge in [-0.15, -0.1) is 22.7 Å². The largest absolute Gasteiger partial charge is 0.425 e. The van der Waals surface area contributed by atoms with Gasteiger partial charge in [0.05, 0.1) is 4.88 Å². The van der Waals surface area contributed by atoms with Crippen molar-refractivity contribution in [2.24, 2.45) is 0 Å². The first kappa shape index (κ1) is 19.3. The van der Waals surface area contributed by atoms with Crippen LogP contribution in [0.25, 0.3) is 31.3 Å². The summed E-state index contributed by atoms with van der Waals surface area (Å²) in [5.74, 6) is 0. The molecule has 1 N–H and O–H groups in total. The number of hydrogen-bond donors (Lipinski definition) is 1. The monoisotopic (exact) mass is 440 g/mol. The highest BCUT2D eigenvalue weighted by Gasteiger charge is 2.58. The Balaban J connectivity index is 1.95. The molecule has 1 atom stereocenters. The summed E-state index contributed by atoms with van der Waals surface area (Å²) in [5, 5.41) is 17.2. The second-order valence-corrected chi connectivity index (χ2v) is 8.91. The highest BCUT2D eigenvalue weighted by atomic mass is 32.1. The number of rotatable bonds is 3. The number of benzene rings is 3. The summed E-state index contributed by atoms with van der Waals surface area (Å²) in [6, 6.07) is 20.6. The molecule has 1 nitrogen and oxygen atoms in total. The van der Waals surface area contributed by atoms with Crippen LogP contribution in [-0.2, 0) is 5.60 Å². The first-order valence-electron chi connectivity index (χ1n) is 9.23. The summed E-state index contributed by atoms with van der Waals surface area (Å²) >= 11 is 2.56. The van der Waals surface area contributed by atoms with E-state index in [1.807, 2.05) is 11.4 Å². The van der Waals surface area contributed by atoms with E-state index in [-0.39, 0.29) is 11.1 Å². The van der Waals surface area contributed by atoms with Crippen molar-refractivity contribution in [1.82, 2.24) is 0 Å². The lowest BCUT2D eigenvalue weighted by Crippen LogP contribution is -2.43. The van der Waals surface area contributed by atoms with Crippen LogP contribution >= 0.6 is 22.7 Å². The summed E-state index contributed by atoms with van der Waals surface area (Å²) in [6.45, 7) is 0. The van der Waals surface area contributed by atoms with Crippen molar-refractivity contribution in [1.29, 1.82) is 0 Å². The highest BCUT2D eigenvalue weighted by Crippen LogP contribution is 2.52. The van der Waals surface area contributed by atoms with Gasteiger partial charge in [0, 0.05) is 16.0 Å². The van der Waals surface area contributed by atoms with E-state index < -0.39 is 11.8 Å². The van der Waals surface area contributed by atoms with Crippen LogP contribution in [0.4, 0.5) is 13.2 Å². The fraction of sp³-hybridized carbons (Fsp3) is 0.0833. The van der Waals surface area contributed by atoms with Gasteiger partial charge in [0.15, 0.2) is 0 Å². The molecule has 0 bridgehead atoms. The Kier molecular flexibility index (Phi) is 4.47. The van der Waals surface area contributed by atoms with Crippen LogP contribution in [0.2, 0.25) is 0 Å². The highest BCUT2D eigenvalue weighted by molar-refractivity contribution is 7.20. The zero-order valence-electron chi connectivity index (χ0n) is 15.5. The van der Waals surface area contributed by atoms with Crippen molar-refractivity contribution in [2.45, 2.75) is 11.8 Å². The zero-order valence-corrected chi connectivity index (χ0v) is 17.1. The van der Waals surface area contributed by atoms with Crippen molar-refractivity contribution in [3.63, 3.8) is 0 Å². The molecular formula is C24H15F3OS2. The van der Waals surface area contributed by atoms with Gasteiger partial charge < -0.3 is 5.11 Å². The molecule has 3 aromatic carbocycles. The molecule has 2 aromatic heterocycles. The first-order valence-corrected chi connectivity index (χ1v) is 11.0. The fourth-order valence-corrected chi connectivity index (χ4v) is 5.86. The minimum Gasteiger partial charge on any atom is -0.372 e. The lowest BCUT2D eigenvalue weighted by molar-refractivity contribution is -0.247. The Bertz CT molecular complexity index is 1300. The molecule has 5 aromatic rings. The third kappa shape index (κ3) is 2.79. The average Bonchev–Trinajstić information content (AvgIpc) is 3.42. The molecule has 0 fully saturated rings. The minimum atomic E-state index is -4.92. The van der Waals surface area contributed by atoms with Crippen molar-refractivity contribution in [3.05, 3.63) is 94.7 Å². The molecule has 0 aliphatic rings. The van der Waals surface area contributed by atoms with Crippen LogP contribution in [0, 0.1) is 0 Å². The number of halogens is 3. The van der Waals surface area contributed by atoms with Crippen LogP contribution in [0.1, 0.15) is 11.1 Å². The maximum absolute atomic E-state index is 14.8. The maximum atomic E-state index is 14.8. The van der Waals surface area contributed by atoms with Gasteiger partial charge in [-0.25, -0.2) is 0 Å². The molecule has 30 heavy (non-hydrogen) atoms. The molecule has 0 amide bonds. The fourth-order valence-electron chi connectivity index (χ4n) is 4.03. The molecule has 5 rings (SSSR count). The topological polar surface area (TPSA) is 20.2 Å². The van der Waals surface area contributed by atoms with E-state index in [2.05, 4.69) is 0 Å². The molecule has 2 heterocycles. The molecule has 1 unspecified atom stereocenters. The number of hydrogen-bond acceptors (Lipinski definition) is 3. The van der Waals surface area contributed by atoms with Crippen LogP contribution in [0.15, 0.2) is 83.6 Å². The van der Waals surface area contributed by atoms with E-state index in [9.17, 15) is 18.3 Å². The SMILES string of the molecule is OC(c1ccsc1-c1cccs1)(c1c2ccccc2cc2ccccc12)C(F)(F)F. The Hall–Kier alpha value is -2.67. The van der Waals surface area contributed by atoms with Gasteiger partial charge in [0.2, 0.25) is 5.60 Å². The van der Waals surface area contributed by atoms with Gasteiger partial charge in [0.25, 0.3) is 0 Å². The van der Waals surface area contributed by atoms with Crippen LogP contribution in [-0.4, -0.2) is 11.3 Å². The number of aliphatic hydroxyl groups is 1. The predicted molar refractivity (Wildman–Crippen MR) is 118 cm³/mol. The van der Waals surface area contributed by atoms with Crippen molar-refractivity contribution in [2.75, 3.05) is 0 Å². The summed E-state index contributed by atoms with van der Waals surface area (Å²) in [5.41, 5.74) is -3.42. The maximum Gasteiger partial charge on any atom is 0.425 e. The number of alkyl halides is 3. The van der Waals surface area contributed by atoms with Crippen LogP contribution in [0.5, 0.6) is 0 Å². The minimum absolute atomic E-state index is 0.125. The van der Waals surface area contributed by atoms with Crippen LogP contribution in [0.3, 0.4) is 0 Å². The molecular weight excluding hydrogens is 425 g/mol. The van der Waals surface area contributed by atoms with Gasteiger partial charge in [-0.1, -0.05) is 54.6 Å². The van der Waals surface area contributed by atoms with Gasteiger partial charge in [-0.2, -0.15) is 13.2 Å². The zero-order chi connectivity index (χ0) is 20.9. The quantitative estimate of drug-likeness (QED) is 0.287. The van der Waals surface area contributed by atoms with Crippen molar-refractivity contribution in [3.8, 4) is 9.75 Å². The lowest BCUT2D eigenvalue weighted by atomic mass is 9.80. The summed E-state index contributed by atoms with van der Waals surface area (Å²) < 4.78 is 44.4. The van der Waals surface area contributed by atoms with Crippen molar-refractivity contribution < 1.29 is 18.3 Å². The molecule has 6 heteroatoms. The third-order valence-electron chi connectivity index (χ3n) is 5.34. The first-order chi connectivity index (χ1) is 14.4. The Morgan fingerprint density at radius 1 is 0.700 bits per heavy atom.